The Labute approximate surface area is 129 Å². The predicted molar refractivity (Wildman–Crippen MR) is 89.4 cm³/mol. The number of thiazole rings is 1. The predicted octanol–water partition coefficient (Wildman–Crippen LogP) is 4.14. The first-order valence-corrected chi connectivity index (χ1v) is 7.97. The largest absolute Gasteiger partial charge is 0.324 e. The summed E-state index contributed by atoms with van der Waals surface area (Å²) in [6, 6.07) is 16.6. The van der Waals surface area contributed by atoms with Crippen molar-refractivity contribution in [1.29, 1.82) is 0 Å². The summed E-state index contributed by atoms with van der Waals surface area (Å²) in [5.41, 5.74) is 8.50. The third-order valence-electron chi connectivity index (χ3n) is 3.03. The lowest BCUT2D eigenvalue weighted by Crippen LogP contribution is -2.13. The molecule has 19 heavy (non-hydrogen) atoms. The molecule has 3 aromatic rings. The van der Waals surface area contributed by atoms with Crippen LogP contribution in [0.15, 0.2) is 48.5 Å². The number of hydrogen-bond donors (Lipinski definition) is 1. The second kappa shape index (κ2) is 5.56. The average molecular weight is 380 g/mol. The van der Waals surface area contributed by atoms with Crippen LogP contribution in [0.25, 0.3) is 10.2 Å². The first-order chi connectivity index (χ1) is 9.22. The molecule has 0 amide bonds. The third-order valence-corrected chi connectivity index (χ3v) is 4.81. The number of para-hydroxylation sites is 1. The number of benzene rings is 2. The Bertz CT molecular complexity index is 658. The van der Waals surface area contributed by atoms with Gasteiger partial charge in [-0.15, -0.1) is 11.3 Å². The summed E-state index contributed by atoms with van der Waals surface area (Å²) in [6.45, 7) is 0. The van der Waals surface area contributed by atoms with Crippen molar-refractivity contribution in [3.05, 3.63) is 62.7 Å². The van der Waals surface area contributed by atoms with Crippen molar-refractivity contribution < 1.29 is 0 Å². The standard InChI is InChI=1S/C15H13IN2S/c16-11-7-5-10(6-8-11)12(17)9-15-18-13-3-1-2-4-14(13)19-15/h1-8,12H,9,17H2. The zero-order chi connectivity index (χ0) is 13.2. The summed E-state index contributed by atoms with van der Waals surface area (Å²) in [4.78, 5) is 4.63. The summed E-state index contributed by atoms with van der Waals surface area (Å²) < 4.78 is 2.46. The molecule has 0 saturated carbocycles. The maximum absolute atomic E-state index is 6.26. The van der Waals surface area contributed by atoms with Crippen LogP contribution in [-0.4, -0.2) is 4.98 Å². The molecular weight excluding hydrogens is 367 g/mol. The van der Waals surface area contributed by atoms with Gasteiger partial charge in [0.1, 0.15) is 0 Å². The van der Waals surface area contributed by atoms with Crippen LogP contribution in [0.2, 0.25) is 0 Å². The van der Waals surface area contributed by atoms with E-state index in [0.29, 0.717) is 0 Å². The van der Waals surface area contributed by atoms with Crippen LogP contribution in [0, 0.1) is 3.57 Å². The van der Waals surface area contributed by atoms with Crippen molar-refractivity contribution in [2.24, 2.45) is 5.73 Å². The van der Waals surface area contributed by atoms with Crippen LogP contribution in [0.4, 0.5) is 0 Å². The maximum Gasteiger partial charge on any atom is 0.0957 e. The fourth-order valence-electron chi connectivity index (χ4n) is 2.02. The van der Waals surface area contributed by atoms with E-state index in [0.717, 1.165) is 16.9 Å². The Balaban J connectivity index is 1.82. The Morgan fingerprint density at radius 1 is 1.11 bits per heavy atom. The molecule has 96 valence electrons. The van der Waals surface area contributed by atoms with E-state index in [1.165, 1.54) is 13.8 Å². The van der Waals surface area contributed by atoms with Crippen LogP contribution in [-0.2, 0) is 6.42 Å². The highest BCUT2D eigenvalue weighted by Gasteiger charge is 2.10. The van der Waals surface area contributed by atoms with Gasteiger partial charge in [0.05, 0.1) is 15.2 Å². The number of rotatable bonds is 3. The van der Waals surface area contributed by atoms with Gasteiger partial charge in [-0.2, -0.15) is 0 Å². The molecule has 4 heteroatoms. The van der Waals surface area contributed by atoms with Gasteiger partial charge >= 0.3 is 0 Å². The molecule has 1 heterocycles. The summed E-state index contributed by atoms with van der Waals surface area (Å²) in [6.07, 6.45) is 0.792. The van der Waals surface area contributed by atoms with E-state index in [2.05, 4.69) is 57.9 Å². The van der Waals surface area contributed by atoms with E-state index in [1.807, 2.05) is 18.2 Å². The van der Waals surface area contributed by atoms with E-state index in [-0.39, 0.29) is 6.04 Å². The van der Waals surface area contributed by atoms with Gasteiger partial charge < -0.3 is 5.73 Å². The summed E-state index contributed by atoms with van der Waals surface area (Å²) in [5, 5.41) is 1.10. The first-order valence-electron chi connectivity index (χ1n) is 6.08. The number of nitrogens with zero attached hydrogens (tertiary/aromatic N) is 1. The van der Waals surface area contributed by atoms with E-state index in [9.17, 15) is 0 Å². The Morgan fingerprint density at radius 2 is 1.84 bits per heavy atom. The molecule has 2 N–H and O–H groups in total. The lowest BCUT2D eigenvalue weighted by Gasteiger charge is -2.10. The highest BCUT2D eigenvalue weighted by atomic mass is 127. The minimum Gasteiger partial charge on any atom is -0.324 e. The van der Waals surface area contributed by atoms with Gasteiger partial charge in [-0.1, -0.05) is 24.3 Å². The first kappa shape index (κ1) is 13.0. The van der Waals surface area contributed by atoms with Crippen molar-refractivity contribution in [3.8, 4) is 0 Å². The SMILES string of the molecule is NC(Cc1nc2ccccc2s1)c1ccc(I)cc1. The van der Waals surface area contributed by atoms with Crippen LogP contribution >= 0.6 is 33.9 Å². The van der Waals surface area contributed by atoms with Crippen LogP contribution in [0.1, 0.15) is 16.6 Å². The molecule has 1 unspecified atom stereocenters. The third kappa shape index (κ3) is 2.96. The summed E-state index contributed by atoms with van der Waals surface area (Å²) >= 11 is 4.03. The topological polar surface area (TPSA) is 38.9 Å². The molecule has 0 saturated heterocycles. The van der Waals surface area contributed by atoms with Crippen molar-refractivity contribution in [3.63, 3.8) is 0 Å². The lowest BCUT2D eigenvalue weighted by atomic mass is 10.1. The molecule has 3 rings (SSSR count). The van der Waals surface area contributed by atoms with E-state index in [1.54, 1.807) is 11.3 Å². The molecule has 0 spiro atoms. The van der Waals surface area contributed by atoms with Gasteiger partial charge in [0.2, 0.25) is 0 Å². The average Bonchev–Trinajstić information content (AvgIpc) is 2.81. The molecule has 0 radical (unpaired) electrons. The van der Waals surface area contributed by atoms with Crippen molar-refractivity contribution >= 4 is 44.1 Å². The highest BCUT2D eigenvalue weighted by Crippen LogP contribution is 2.25. The minimum atomic E-state index is 0.0116. The van der Waals surface area contributed by atoms with Gasteiger partial charge in [0.15, 0.2) is 0 Å². The van der Waals surface area contributed by atoms with E-state index in [4.69, 9.17) is 5.73 Å². The molecule has 0 fully saturated rings. The highest BCUT2D eigenvalue weighted by molar-refractivity contribution is 14.1. The van der Waals surface area contributed by atoms with Crippen molar-refractivity contribution in [1.82, 2.24) is 4.98 Å². The quantitative estimate of drug-likeness (QED) is 0.694. The zero-order valence-corrected chi connectivity index (χ0v) is 13.2. The van der Waals surface area contributed by atoms with Crippen LogP contribution in [0.3, 0.4) is 0 Å². The molecular formula is C15H13IN2S. The summed E-state index contributed by atoms with van der Waals surface area (Å²) in [5.74, 6) is 0. The normalized spacial score (nSPS) is 12.7. The van der Waals surface area contributed by atoms with Gasteiger partial charge in [-0.05, 0) is 52.4 Å². The Kier molecular flexibility index (Phi) is 3.81. The second-order valence-corrected chi connectivity index (χ2v) is 6.80. The van der Waals surface area contributed by atoms with Crippen LogP contribution in [0.5, 0.6) is 0 Å². The molecule has 0 aliphatic heterocycles. The van der Waals surface area contributed by atoms with Crippen molar-refractivity contribution in [2.45, 2.75) is 12.5 Å². The molecule has 0 aliphatic carbocycles. The molecule has 2 nitrogen and oxygen atoms in total. The smallest absolute Gasteiger partial charge is 0.0957 e. The number of nitrogens with two attached hydrogens (primary N) is 1. The van der Waals surface area contributed by atoms with Crippen LogP contribution < -0.4 is 5.73 Å². The van der Waals surface area contributed by atoms with E-state index < -0.39 is 0 Å². The second-order valence-electron chi connectivity index (χ2n) is 4.44. The van der Waals surface area contributed by atoms with Gasteiger partial charge in [0.25, 0.3) is 0 Å². The lowest BCUT2D eigenvalue weighted by molar-refractivity contribution is 0.719. The molecule has 2 aromatic carbocycles. The Morgan fingerprint density at radius 3 is 2.58 bits per heavy atom. The van der Waals surface area contributed by atoms with Crippen molar-refractivity contribution in [2.75, 3.05) is 0 Å². The van der Waals surface area contributed by atoms with Gasteiger partial charge in [-0.25, -0.2) is 4.98 Å². The number of halogens is 1. The summed E-state index contributed by atoms with van der Waals surface area (Å²) in [7, 11) is 0. The Hall–Kier alpha value is -0.980. The number of aromatic nitrogens is 1. The fourth-order valence-corrected chi connectivity index (χ4v) is 3.41. The molecule has 0 aliphatic rings. The molecule has 1 atom stereocenters. The van der Waals surface area contributed by atoms with Gasteiger partial charge in [0, 0.05) is 16.0 Å². The van der Waals surface area contributed by atoms with E-state index >= 15 is 0 Å². The minimum absolute atomic E-state index is 0.0116. The number of hydrogen-bond acceptors (Lipinski definition) is 3. The fraction of sp³-hybridized carbons (Fsp3) is 0.133. The molecule has 1 aromatic heterocycles. The maximum atomic E-state index is 6.26. The number of fused-ring (bicyclic) bond motifs is 1. The molecule has 0 bridgehead atoms. The zero-order valence-electron chi connectivity index (χ0n) is 10.2. The van der Waals surface area contributed by atoms with Gasteiger partial charge in [-0.3, -0.25) is 0 Å². The monoisotopic (exact) mass is 380 g/mol.